The number of hydrogen-bond donors (Lipinski definition) is 0. The Morgan fingerprint density at radius 2 is 2.35 bits per heavy atom. The third kappa shape index (κ3) is 3.17. The van der Waals surface area contributed by atoms with Crippen LogP contribution in [0.1, 0.15) is 35.2 Å². The first kappa shape index (κ1) is 11.9. The molecule has 1 aromatic rings. The van der Waals surface area contributed by atoms with Crippen molar-refractivity contribution >= 4 is 12.0 Å². The van der Waals surface area contributed by atoms with E-state index in [1.54, 1.807) is 18.2 Å². The normalized spacial score (nSPS) is 19.6. The van der Waals surface area contributed by atoms with Crippen LogP contribution >= 0.6 is 0 Å². The van der Waals surface area contributed by atoms with Gasteiger partial charge in [-0.2, -0.15) is 0 Å². The van der Waals surface area contributed by atoms with Gasteiger partial charge in [-0.15, -0.1) is 0 Å². The maximum Gasteiger partial charge on any atom is 0.340 e. The lowest BCUT2D eigenvalue weighted by Gasteiger charge is -2.22. The van der Waals surface area contributed by atoms with Crippen molar-refractivity contribution in [2.75, 3.05) is 6.61 Å². The summed E-state index contributed by atoms with van der Waals surface area (Å²) < 4.78 is 10.6. The van der Waals surface area contributed by atoms with Crippen LogP contribution in [0.5, 0.6) is 0 Å². The highest BCUT2D eigenvalue weighted by molar-refractivity contribution is 5.90. The van der Waals surface area contributed by atoms with Crippen molar-refractivity contribution in [2.45, 2.75) is 25.6 Å². The fraction of sp³-hybridized carbons (Fsp3) is 0.357. The van der Waals surface area contributed by atoms with Crippen LogP contribution in [0.3, 0.4) is 0 Å². The number of carbonyl (C=O) groups excluding carboxylic acids is 1. The Balaban J connectivity index is 2.00. The quantitative estimate of drug-likeness (QED) is 0.751. The molecule has 0 spiro atoms. The molecule has 1 saturated heterocycles. The van der Waals surface area contributed by atoms with E-state index in [4.69, 9.17) is 9.47 Å². The first-order valence-electron chi connectivity index (χ1n) is 5.84. The zero-order valence-electron chi connectivity index (χ0n) is 9.72. The molecule has 1 aliphatic rings. The summed E-state index contributed by atoms with van der Waals surface area (Å²) in [6.07, 6.45) is 4.19. The van der Waals surface area contributed by atoms with Crippen molar-refractivity contribution in [3.8, 4) is 0 Å². The monoisotopic (exact) mass is 232 g/mol. The van der Waals surface area contributed by atoms with E-state index >= 15 is 0 Å². The van der Waals surface area contributed by atoms with Crippen LogP contribution in [0.15, 0.2) is 30.8 Å². The standard InChI is InChI=1S/C14H16O3/c1-2-11-6-5-7-12(10-11)14(15)17-13-8-3-4-9-16-13/h2,5-7,10,13H,1,3-4,8-9H2. The van der Waals surface area contributed by atoms with Gasteiger partial charge in [0.05, 0.1) is 12.2 Å². The highest BCUT2D eigenvalue weighted by atomic mass is 16.7. The van der Waals surface area contributed by atoms with Gasteiger partial charge in [0.2, 0.25) is 6.29 Å². The number of ether oxygens (including phenoxy) is 2. The summed E-state index contributed by atoms with van der Waals surface area (Å²) >= 11 is 0. The molecule has 3 nitrogen and oxygen atoms in total. The summed E-state index contributed by atoms with van der Waals surface area (Å²) in [5.74, 6) is -0.333. The molecule has 1 aromatic carbocycles. The second-order valence-corrected chi connectivity index (χ2v) is 4.03. The fourth-order valence-electron chi connectivity index (χ4n) is 1.78. The third-order valence-electron chi connectivity index (χ3n) is 2.73. The molecular formula is C14H16O3. The summed E-state index contributed by atoms with van der Waals surface area (Å²) in [7, 11) is 0. The summed E-state index contributed by atoms with van der Waals surface area (Å²) in [6, 6.07) is 7.20. The molecule has 3 heteroatoms. The van der Waals surface area contributed by atoms with Crippen LogP contribution < -0.4 is 0 Å². The lowest BCUT2D eigenvalue weighted by atomic mass is 10.1. The highest BCUT2D eigenvalue weighted by Crippen LogP contribution is 2.16. The van der Waals surface area contributed by atoms with Gasteiger partial charge in [-0.3, -0.25) is 0 Å². The van der Waals surface area contributed by atoms with E-state index < -0.39 is 0 Å². The van der Waals surface area contributed by atoms with Gasteiger partial charge in [-0.05, 0) is 30.5 Å². The molecule has 1 fully saturated rings. The molecule has 17 heavy (non-hydrogen) atoms. The Morgan fingerprint density at radius 3 is 3.06 bits per heavy atom. The Labute approximate surface area is 101 Å². The van der Waals surface area contributed by atoms with E-state index in [1.807, 2.05) is 12.1 Å². The van der Waals surface area contributed by atoms with E-state index in [2.05, 4.69) is 6.58 Å². The van der Waals surface area contributed by atoms with Crippen LogP contribution in [0.2, 0.25) is 0 Å². The molecular weight excluding hydrogens is 216 g/mol. The summed E-state index contributed by atoms with van der Waals surface area (Å²) in [5, 5.41) is 0. The average molecular weight is 232 g/mol. The van der Waals surface area contributed by atoms with Gasteiger partial charge in [0.25, 0.3) is 0 Å². The zero-order valence-corrected chi connectivity index (χ0v) is 9.72. The smallest absolute Gasteiger partial charge is 0.340 e. The first-order valence-corrected chi connectivity index (χ1v) is 5.84. The molecule has 0 radical (unpaired) electrons. The SMILES string of the molecule is C=Cc1cccc(C(=O)OC2CCCCO2)c1. The van der Waals surface area contributed by atoms with Crippen molar-refractivity contribution in [2.24, 2.45) is 0 Å². The Kier molecular flexibility index (Phi) is 3.94. The van der Waals surface area contributed by atoms with Gasteiger partial charge in [0.15, 0.2) is 0 Å². The maximum absolute atomic E-state index is 11.8. The minimum atomic E-state index is -0.386. The van der Waals surface area contributed by atoms with Crippen LogP contribution in [-0.2, 0) is 9.47 Å². The van der Waals surface area contributed by atoms with Gasteiger partial charge in [-0.25, -0.2) is 4.79 Å². The van der Waals surface area contributed by atoms with E-state index in [-0.39, 0.29) is 12.3 Å². The molecule has 2 rings (SSSR count). The molecule has 0 amide bonds. The molecule has 1 aliphatic heterocycles. The van der Waals surface area contributed by atoms with Crippen LogP contribution in [0.4, 0.5) is 0 Å². The topological polar surface area (TPSA) is 35.5 Å². The number of esters is 1. The predicted octanol–water partition coefficient (Wildman–Crippen LogP) is 3.01. The Bertz CT molecular complexity index is 406. The summed E-state index contributed by atoms with van der Waals surface area (Å²) in [4.78, 5) is 11.8. The van der Waals surface area contributed by atoms with Crippen molar-refractivity contribution in [1.29, 1.82) is 0 Å². The molecule has 0 aromatic heterocycles. The highest BCUT2D eigenvalue weighted by Gasteiger charge is 2.19. The minimum Gasteiger partial charge on any atom is -0.432 e. The van der Waals surface area contributed by atoms with E-state index in [1.165, 1.54) is 0 Å². The number of rotatable bonds is 3. The van der Waals surface area contributed by atoms with Crippen molar-refractivity contribution in [3.63, 3.8) is 0 Å². The molecule has 1 heterocycles. The molecule has 0 N–H and O–H groups in total. The lowest BCUT2D eigenvalue weighted by molar-refractivity contribution is -0.130. The van der Waals surface area contributed by atoms with Crippen LogP contribution in [0.25, 0.3) is 6.08 Å². The molecule has 1 atom stereocenters. The fourth-order valence-corrected chi connectivity index (χ4v) is 1.78. The van der Waals surface area contributed by atoms with Gasteiger partial charge < -0.3 is 9.47 Å². The average Bonchev–Trinajstić information content (AvgIpc) is 2.40. The minimum absolute atomic E-state index is 0.333. The summed E-state index contributed by atoms with van der Waals surface area (Å²) in [6.45, 7) is 4.34. The molecule has 90 valence electrons. The molecule has 0 saturated carbocycles. The van der Waals surface area contributed by atoms with Gasteiger partial charge in [0.1, 0.15) is 0 Å². The van der Waals surface area contributed by atoms with Crippen molar-refractivity contribution in [1.82, 2.24) is 0 Å². The second kappa shape index (κ2) is 5.64. The van der Waals surface area contributed by atoms with E-state index in [9.17, 15) is 4.79 Å². The maximum atomic E-state index is 11.8. The predicted molar refractivity (Wildman–Crippen MR) is 65.5 cm³/mol. The molecule has 0 bridgehead atoms. The Hall–Kier alpha value is -1.61. The number of carbonyl (C=O) groups is 1. The Morgan fingerprint density at radius 1 is 1.47 bits per heavy atom. The lowest BCUT2D eigenvalue weighted by Crippen LogP contribution is -2.25. The zero-order chi connectivity index (χ0) is 12.1. The van der Waals surface area contributed by atoms with Crippen molar-refractivity contribution < 1.29 is 14.3 Å². The van der Waals surface area contributed by atoms with E-state index in [0.29, 0.717) is 12.2 Å². The molecule has 0 aliphatic carbocycles. The van der Waals surface area contributed by atoms with Gasteiger partial charge >= 0.3 is 5.97 Å². The second-order valence-electron chi connectivity index (χ2n) is 4.03. The molecule has 1 unspecified atom stereocenters. The van der Waals surface area contributed by atoms with Gasteiger partial charge in [-0.1, -0.05) is 24.8 Å². The number of benzene rings is 1. The van der Waals surface area contributed by atoms with Crippen LogP contribution in [0, 0.1) is 0 Å². The van der Waals surface area contributed by atoms with Gasteiger partial charge in [0, 0.05) is 6.42 Å². The number of hydrogen-bond acceptors (Lipinski definition) is 3. The largest absolute Gasteiger partial charge is 0.432 e. The summed E-state index contributed by atoms with van der Waals surface area (Å²) in [5.41, 5.74) is 1.44. The van der Waals surface area contributed by atoms with Crippen molar-refractivity contribution in [3.05, 3.63) is 42.0 Å². The first-order chi connectivity index (χ1) is 8.29. The van der Waals surface area contributed by atoms with E-state index in [0.717, 1.165) is 24.8 Å². The third-order valence-corrected chi connectivity index (χ3v) is 2.73. The van der Waals surface area contributed by atoms with Crippen LogP contribution in [-0.4, -0.2) is 18.9 Å².